The number of nitrogens with zero attached hydrogens (tertiary/aromatic N) is 3. The van der Waals surface area contributed by atoms with Crippen LogP contribution in [-0.2, 0) is 20.8 Å². The van der Waals surface area contributed by atoms with Gasteiger partial charge in [-0.2, -0.15) is 0 Å². The molecule has 39 heavy (non-hydrogen) atoms. The van der Waals surface area contributed by atoms with Gasteiger partial charge in [-0.05, 0) is 42.9 Å². The molecule has 2 fully saturated rings. The lowest BCUT2D eigenvalue weighted by Crippen LogP contribution is -2.46. The molecule has 1 unspecified atom stereocenters. The van der Waals surface area contributed by atoms with Gasteiger partial charge in [-0.15, -0.1) is 0 Å². The van der Waals surface area contributed by atoms with E-state index < -0.39 is 11.9 Å². The van der Waals surface area contributed by atoms with Crippen LogP contribution in [0.1, 0.15) is 69.9 Å². The number of aliphatic hydroxyl groups is 1. The Morgan fingerprint density at radius 1 is 1.21 bits per heavy atom. The van der Waals surface area contributed by atoms with E-state index in [0.29, 0.717) is 52.2 Å². The number of hydrogen-bond donors (Lipinski definition) is 2. The van der Waals surface area contributed by atoms with Gasteiger partial charge in [0.25, 0.3) is 0 Å². The Balaban J connectivity index is 1.58. The highest BCUT2D eigenvalue weighted by Crippen LogP contribution is 2.41. The molecule has 2 amide bonds. The van der Waals surface area contributed by atoms with E-state index in [0.717, 1.165) is 42.6 Å². The summed E-state index contributed by atoms with van der Waals surface area (Å²) in [5.74, 6) is -0.887. The van der Waals surface area contributed by atoms with Gasteiger partial charge < -0.3 is 24.7 Å². The maximum absolute atomic E-state index is 13.5. The lowest BCUT2D eigenvalue weighted by atomic mass is 9.83. The summed E-state index contributed by atoms with van der Waals surface area (Å²) in [6.45, 7) is 9.53. The van der Waals surface area contributed by atoms with Crippen LogP contribution in [0.2, 0.25) is 0 Å². The average molecular weight is 544 g/mol. The lowest BCUT2D eigenvalue weighted by Gasteiger charge is -2.31. The second-order valence-electron chi connectivity index (χ2n) is 12.0. The van der Waals surface area contributed by atoms with Crippen molar-refractivity contribution in [3.8, 4) is 5.75 Å². The van der Waals surface area contributed by atoms with Gasteiger partial charge in [0, 0.05) is 63.1 Å². The molecule has 2 N–H and O–H groups in total. The van der Waals surface area contributed by atoms with Crippen LogP contribution in [0.5, 0.6) is 5.75 Å². The normalized spacial score (nSPS) is 24.2. The highest BCUT2D eigenvalue weighted by molar-refractivity contribution is 5.84. The van der Waals surface area contributed by atoms with E-state index in [-0.39, 0.29) is 42.3 Å². The Morgan fingerprint density at radius 3 is 2.64 bits per heavy atom. The first kappa shape index (κ1) is 29.3. The van der Waals surface area contributed by atoms with Crippen molar-refractivity contribution < 1.29 is 29.3 Å². The fraction of sp³-hybridized carbons (Fsp3) is 0.700. The number of aliphatic hydroxyl groups excluding tert-OH is 1. The van der Waals surface area contributed by atoms with E-state index in [1.807, 2.05) is 35.8 Å². The second-order valence-corrected chi connectivity index (χ2v) is 12.0. The molecular weight excluding hydrogens is 498 g/mol. The number of carboxylic acid groups (broad SMARTS) is 1. The number of carboxylic acids is 1. The molecule has 1 aromatic rings. The Morgan fingerprint density at radius 2 is 1.97 bits per heavy atom. The molecule has 4 rings (SSSR count). The number of carbonyl (C=O) groups is 3. The van der Waals surface area contributed by atoms with Gasteiger partial charge in [0.15, 0.2) is 0 Å². The molecule has 3 heterocycles. The van der Waals surface area contributed by atoms with Gasteiger partial charge in [0.2, 0.25) is 11.8 Å². The van der Waals surface area contributed by atoms with Crippen LogP contribution in [0.25, 0.3) is 0 Å². The molecule has 9 nitrogen and oxygen atoms in total. The second kappa shape index (κ2) is 12.7. The summed E-state index contributed by atoms with van der Waals surface area (Å²) < 4.78 is 5.67. The molecular formula is C30H45N3O6. The number of benzene rings is 1. The van der Waals surface area contributed by atoms with Crippen LogP contribution in [0, 0.1) is 11.3 Å². The van der Waals surface area contributed by atoms with Gasteiger partial charge in [-0.3, -0.25) is 19.3 Å². The number of carbonyl (C=O) groups excluding carboxylic acids is 2. The van der Waals surface area contributed by atoms with Crippen molar-refractivity contribution in [3.05, 3.63) is 29.3 Å². The number of unbranched alkanes of at least 4 members (excludes halogenated alkanes) is 1. The van der Waals surface area contributed by atoms with Crippen molar-refractivity contribution in [2.75, 3.05) is 52.5 Å². The largest absolute Gasteiger partial charge is 0.493 e. The Labute approximate surface area is 232 Å². The smallest absolute Gasteiger partial charge is 0.308 e. The highest BCUT2D eigenvalue weighted by Gasteiger charge is 2.48. The molecule has 9 heteroatoms. The maximum atomic E-state index is 13.5. The van der Waals surface area contributed by atoms with E-state index in [2.05, 4.69) is 13.0 Å². The zero-order chi connectivity index (χ0) is 28.2. The minimum absolute atomic E-state index is 0.0215. The molecule has 3 aliphatic heterocycles. The van der Waals surface area contributed by atoms with Gasteiger partial charge in [0.05, 0.1) is 19.1 Å². The number of fused-ring (bicyclic) bond motifs is 1. The Hall–Kier alpha value is -2.65. The number of aliphatic carboxylic acids is 1. The van der Waals surface area contributed by atoms with Crippen molar-refractivity contribution >= 4 is 17.8 Å². The fourth-order valence-electron chi connectivity index (χ4n) is 6.43. The van der Waals surface area contributed by atoms with E-state index in [1.54, 1.807) is 4.90 Å². The third-order valence-electron chi connectivity index (χ3n) is 8.80. The Kier molecular flexibility index (Phi) is 9.54. The third kappa shape index (κ3) is 6.57. The SMILES string of the molecule is CCCCN(CCCO)C(=O)CN1C[C@H](c2ccc3c(c2)CCO3)C(C(=O)O)[C@@H]1CCN1CCC(C)(C)C1=O. The summed E-state index contributed by atoms with van der Waals surface area (Å²) in [6.07, 6.45) is 4.46. The van der Waals surface area contributed by atoms with E-state index in [1.165, 1.54) is 0 Å². The first-order chi connectivity index (χ1) is 18.7. The molecule has 3 aliphatic rings. The van der Waals surface area contributed by atoms with Crippen molar-refractivity contribution in [2.24, 2.45) is 11.3 Å². The first-order valence-corrected chi connectivity index (χ1v) is 14.6. The minimum atomic E-state index is -0.868. The molecule has 0 aliphatic carbocycles. The molecule has 0 radical (unpaired) electrons. The predicted octanol–water partition coefficient (Wildman–Crippen LogP) is 2.75. The van der Waals surface area contributed by atoms with Gasteiger partial charge in [-0.1, -0.05) is 39.3 Å². The van der Waals surface area contributed by atoms with E-state index in [4.69, 9.17) is 4.74 Å². The first-order valence-electron chi connectivity index (χ1n) is 14.6. The summed E-state index contributed by atoms with van der Waals surface area (Å²) in [6, 6.07) is 5.61. The Bertz CT molecular complexity index is 1040. The van der Waals surface area contributed by atoms with Crippen LogP contribution >= 0.6 is 0 Å². The standard InChI is InChI=1S/C30H45N3O6/c1-4-5-12-31(13-6-16-34)26(35)20-33-19-23(21-7-8-25-22(18-21)10-17-39-25)27(28(36)37)24(33)9-14-32-15-11-30(2,3)29(32)38/h7-8,18,23-24,27,34H,4-6,9-17,19-20H2,1-3H3,(H,36,37)/t23-,24+,27?/m1/s1. The number of hydrogen-bond acceptors (Lipinski definition) is 6. The van der Waals surface area contributed by atoms with Gasteiger partial charge in [-0.25, -0.2) is 0 Å². The summed E-state index contributed by atoms with van der Waals surface area (Å²) >= 11 is 0. The summed E-state index contributed by atoms with van der Waals surface area (Å²) in [4.78, 5) is 44.9. The van der Waals surface area contributed by atoms with Crippen molar-refractivity contribution in [1.29, 1.82) is 0 Å². The van der Waals surface area contributed by atoms with Gasteiger partial charge in [0.1, 0.15) is 5.75 Å². The van der Waals surface area contributed by atoms with E-state index in [9.17, 15) is 24.6 Å². The van der Waals surface area contributed by atoms with Crippen molar-refractivity contribution in [1.82, 2.24) is 14.7 Å². The maximum Gasteiger partial charge on any atom is 0.308 e. The lowest BCUT2D eigenvalue weighted by molar-refractivity contribution is -0.144. The van der Waals surface area contributed by atoms with Crippen molar-refractivity contribution in [3.63, 3.8) is 0 Å². The monoisotopic (exact) mass is 543 g/mol. The quantitative estimate of drug-likeness (QED) is 0.394. The summed E-state index contributed by atoms with van der Waals surface area (Å²) in [5.41, 5.74) is 1.68. The van der Waals surface area contributed by atoms with Crippen LogP contribution < -0.4 is 4.74 Å². The van der Waals surface area contributed by atoms with Gasteiger partial charge >= 0.3 is 5.97 Å². The topological polar surface area (TPSA) is 111 Å². The number of rotatable bonds is 13. The number of amides is 2. The van der Waals surface area contributed by atoms with Crippen LogP contribution in [-0.4, -0.2) is 101 Å². The molecule has 0 saturated carbocycles. The zero-order valence-corrected chi connectivity index (χ0v) is 23.7. The van der Waals surface area contributed by atoms with Crippen LogP contribution in [0.15, 0.2) is 18.2 Å². The number of ether oxygens (including phenoxy) is 1. The molecule has 1 aromatic carbocycles. The predicted molar refractivity (Wildman–Crippen MR) is 148 cm³/mol. The third-order valence-corrected chi connectivity index (χ3v) is 8.80. The molecule has 0 bridgehead atoms. The fourth-order valence-corrected chi connectivity index (χ4v) is 6.43. The molecule has 0 aromatic heterocycles. The molecule has 3 atom stereocenters. The zero-order valence-electron chi connectivity index (χ0n) is 23.7. The van der Waals surface area contributed by atoms with Crippen LogP contribution in [0.3, 0.4) is 0 Å². The molecule has 0 spiro atoms. The number of likely N-dealkylation sites (tertiary alicyclic amines) is 2. The minimum Gasteiger partial charge on any atom is -0.493 e. The average Bonchev–Trinajstić information content (AvgIpc) is 3.58. The summed E-state index contributed by atoms with van der Waals surface area (Å²) in [7, 11) is 0. The molecule has 2 saturated heterocycles. The van der Waals surface area contributed by atoms with Crippen molar-refractivity contribution in [2.45, 2.75) is 71.3 Å². The highest BCUT2D eigenvalue weighted by atomic mass is 16.5. The summed E-state index contributed by atoms with van der Waals surface area (Å²) in [5, 5.41) is 19.8. The molecule has 216 valence electrons. The van der Waals surface area contributed by atoms with Crippen LogP contribution in [0.4, 0.5) is 0 Å². The van der Waals surface area contributed by atoms with E-state index >= 15 is 0 Å².